The third-order valence-electron chi connectivity index (χ3n) is 4.36. The Kier molecular flexibility index (Phi) is 7.38. The fraction of sp³-hybridized carbons (Fsp3) is 0.294. The van der Waals surface area contributed by atoms with E-state index >= 15 is 0 Å². The van der Waals surface area contributed by atoms with Crippen LogP contribution in [0.15, 0.2) is 27.7 Å². The van der Waals surface area contributed by atoms with Gasteiger partial charge in [-0.25, -0.2) is 14.8 Å². The molecule has 4 heterocycles. The normalized spacial score (nSPS) is 19.9. The Morgan fingerprint density at radius 1 is 1.38 bits per heavy atom. The lowest BCUT2D eigenvalue weighted by Gasteiger charge is -2.46. The molecule has 11 nitrogen and oxygen atoms in total. The molecule has 4 rings (SSSR count). The monoisotopic (exact) mass is 516 g/mol. The van der Waals surface area contributed by atoms with Gasteiger partial charge in [-0.15, -0.1) is 46.8 Å². The van der Waals surface area contributed by atoms with Crippen molar-refractivity contribution < 1.29 is 24.3 Å². The number of rotatable bonds is 7. The second kappa shape index (κ2) is 9.85. The molecular formula is C17H17ClN6O5S3. The van der Waals surface area contributed by atoms with Crippen LogP contribution in [0.25, 0.3) is 0 Å². The zero-order chi connectivity index (χ0) is 22.1. The highest BCUT2D eigenvalue weighted by atomic mass is 35.5. The molecule has 2 aromatic rings. The first-order valence-electron chi connectivity index (χ1n) is 8.84. The summed E-state index contributed by atoms with van der Waals surface area (Å²) in [4.78, 5) is 51.4. The van der Waals surface area contributed by atoms with E-state index in [0.29, 0.717) is 5.69 Å². The molecule has 170 valence electrons. The largest absolute Gasteiger partial charge is 0.478 e. The minimum absolute atomic E-state index is 0. The Hall–Kier alpha value is -2.68. The minimum Gasteiger partial charge on any atom is -0.478 e. The van der Waals surface area contributed by atoms with Crippen molar-refractivity contribution >= 4 is 75.5 Å². The fourth-order valence-electron chi connectivity index (χ4n) is 2.88. The van der Waals surface area contributed by atoms with Crippen molar-refractivity contribution in [3.63, 3.8) is 0 Å². The average molecular weight is 517 g/mol. The second-order valence-electron chi connectivity index (χ2n) is 6.50. The molecule has 2 aliphatic heterocycles. The number of nitrogen functional groups attached to an aromatic ring is 1. The van der Waals surface area contributed by atoms with Gasteiger partial charge in [0, 0.05) is 22.7 Å². The van der Waals surface area contributed by atoms with Gasteiger partial charge >= 0.3 is 5.97 Å². The Labute approximate surface area is 200 Å². The van der Waals surface area contributed by atoms with E-state index < -0.39 is 23.8 Å². The number of thioether (sulfide) groups is 1. The number of aryl methyl sites for hydroxylation is 1. The number of carboxylic acids is 1. The lowest BCUT2D eigenvalue weighted by molar-refractivity contribution is -0.144. The van der Waals surface area contributed by atoms with E-state index in [4.69, 9.17) is 15.7 Å². The molecule has 0 aromatic carbocycles. The maximum absolute atomic E-state index is 12.9. The van der Waals surface area contributed by atoms with Gasteiger partial charge in [-0.1, -0.05) is 5.16 Å². The summed E-state index contributed by atoms with van der Waals surface area (Å²) in [7, 11) is 0. The molecule has 32 heavy (non-hydrogen) atoms. The van der Waals surface area contributed by atoms with Crippen LogP contribution in [0.1, 0.15) is 16.4 Å². The second-order valence-corrected chi connectivity index (χ2v) is 9.56. The van der Waals surface area contributed by atoms with Crippen LogP contribution in [0.4, 0.5) is 5.13 Å². The molecular weight excluding hydrogens is 500 g/mol. The van der Waals surface area contributed by atoms with Gasteiger partial charge in [0.15, 0.2) is 17.5 Å². The number of aromatic nitrogens is 2. The Morgan fingerprint density at radius 3 is 2.78 bits per heavy atom. The number of nitrogens with one attached hydrogen (secondary N) is 1. The quantitative estimate of drug-likeness (QED) is 0.279. The van der Waals surface area contributed by atoms with E-state index in [0.717, 1.165) is 16.3 Å². The Bertz CT molecular complexity index is 1120. The maximum atomic E-state index is 12.9. The first kappa shape index (κ1) is 24.0. The van der Waals surface area contributed by atoms with Crippen molar-refractivity contribution in [2.75, 3.05) is 11.5 Å². The average Bonchev–Trinajstić information content (AvgIpc) is 3.36. The van der Waals surface area contributed by atoms with Crippen molar-refractivity contribution in [1.82, 2.24) is 20.2 Å². The maximum Gasteiger partial charge on any atom is 0.333 e. The third kappa shape index (κ3) is 4.87. The molecule has 15 heteroatoms. The van der Waals surface area contributed by atoms with Gasteiger partial charge in [-0.3, -0.25) is 9.59 Å². The summed E-state index contributed by atoms with van der Waals surface area (Å²) in [6, 6.07) is -0.813. The van der Waals surface area contributed by atoms with E-state index in [1.807, 2.05) is 12.3 Å². The molecule has 0 spiro atoms. The SMILES string of the molecule is Cc1nc(CON=C(C(=O)NC2C(=O)N3C=C(C(=O)O)CS[C@H]23)c2csc(N)n2)cs1.Cl. The first-order chi connectivity index (χ1) is 14.8. The summed E-state index contributed by atoms with van der Waals surface area (Å²) in [6.45, 7) is 1.93. The number of hydrogen-bond donors (Lipinski definition) is 3. The topological polar surface area (TPSA) is 160 Å². The zero-order valence-corrected chi connectivity index (χ0v) is 19.6. The Balaban J connectivity index is 0.00000289. The van der Waals surface area contributed by atoms with E-state index in [2.05, 4.69) is 20.4 Å². The van der Waals surface area contributed by atoms with Crippen LogP contribution in [0, 0.1) is 6.92 Å². The van der Waals surface area contributed by atoms with Gasteiger partial charge in [-0.05, 0) is 6.92 Å². The predicted octanol–water partition coefficient (Wildman–Crippen LogP) is 1.20. The number of oxime groups is 1. The van der Waals surface area contributed by atoms with Gasteiger partial charge in [0.2, 0.25) is 0 Å². The third-order valence-corrected chi connectivity index (χ3v) is 7.17. The molecule has 4 N–H and O–H groups in total. The van der Waals surface area contributed by atoms with Gasteiger partial charge in [0.1, 0.15) is 17.1 Å². The molecule has 1 saturated heterocycles. The number of halogens is 1. The van der Waals surface area contributed by atoms with Crippen LogP contribution in [-0.2, 0) is 25.8 Å². The number of β-lactam (4-membered cyclic amide) rings is 1. The molecule has 0 bridgehead atoms. The van der Waals surface area contributed by atoms with Crippen LogP contribution in [0.2, 0.25) is 0 Å². The van der Waals surface area contributed by atoms with Crippen LogP contribution in [-0.4, -0.2) is 60.6 Å². The smallest absolute Gasteiger partial charge is 0.333 e. The lowest BCUT2D eigenvalue weighted by Crippen LogP contribution is -2.69. The number of fused-ring (bicyclic) bond motifs is 1. The summed E-state index contributed by atoms with van der Waals surface area (Å²) in [6.07, 6.45) is 1.31. The van der Waals surface area contributed by atoms with Crippen molar-refractivity contribution in [2.24, 2.45) is 5.16 Å². The highest BCUT2D eigenvalue weighted by Gasteiger charge is 2.50. The number of hydrogen-bond acceptors (Lipinski definition) is 11. The molecule has 0 saturated carbocycles. The van der Waals surface area contributed by atoms with Crippen molar-refractivity contribution in [1.29, 1.82) is 0 Å². The number of nitrogens with zero attached hydrogens (tertiary/aromatic N) is 4. The highest BCUT2D eigenvalue weighted by molar-refractivity contribution is 8.00. The molecule has 0 aliphatic carbocycles. The standard InChI is InChI=1S/C17H16N6O5S3.ClH/c1-7-19-9(5-29-7)3-28-22-11(10-6-31-17(18)20-10)13(24)21-12-14(25)23-2-8(16(26)27)4-30-15(12)23;/h2,5-6,12,15H,3-4H2,1H3,(H2,18,20)(H,21,24)(H,26,27);1H/t12?,15-;/m1./s1. The summed E-state index contributed by atoms with van der Waals surface area (Å²) in [5, 5.41) is 19.8. The van der Waals surface area contributed by atoms with Crippen LogP contribution >= 0.6 is 46.8 Å². The van der Waals surface area contributed by atoms with Crippen LogP contribution in [0.5, 0.6) is 0 Å². The molecule has 0 radical (unpaired) electrons. The summed E-state index contributed by atoms with van der Waals surface area (Å²) in [5.41, 5.74) is 6.59. The Morgan fingerprint density at radius 2 is 2.16 bits per heavy atom. The number of amides is 2. The van der Waals surface area contributed by atoms with E-state index in [9.17, 15) is 14.4 Å². The van der Waals surface area contributed by atoms with Crippen molar-refractivity contribution in [3.8, 4) is 0 Å². The van der Waals surface area contributed by atoms with Crippen molar-refractivity contribution in [3.05, 3.63) is 38.9 Å². The van der Waals surface area contributed by atoms with Gasteiger partial charge in [0.05, 0.1) is 16.3 Å². The number of nitrogens with two attached hydrogens (primary N) is 1. The number of thiazole rings is 2. The van der Waals surface area contributed by atoms with Gasteiger partial charge < -0.3 is 25.9 Å². The molecule has 1 fully saturated rings. The lowest BCUT2D eigenvalue weighted by atomic mass is 10.1. The number of anilines is 1. The number of carboxylic acid groups (broad SMARTS) is 1. The molecule has 2 amide bonds. The minimum atomic E-state index is -1.07. The highest BCUT2D eigenvalue weighted by Crippen LogP contribution is 2.36. The van der Waals surface area contributed by atoms with E-state index in [1.165, 1.54) is 34.2 Å². The zero-order valence-electron chi connectivity index (χ0n) is 16.4. The fourth-order valence-corrected chi connectivity index (χ4v) is 5.27. The molecule has 1 unspecified atom stereocenters. The number of aliphatic carboxylic acids is 1. The van der Waals surface area contributed by atoms with Crippen LogP contribution in [0.3, 0.4) is 0 Å². The molecule has 2 atom stereocenters. The molecule has 2 aromatic heterocycles. The summed E-state index contributed by atoms with van der Waals surface area (Å²) < 4.78 is 0. The van der Waals surface area contributed by atoms with Crippen LogP contribution < -0.4 is 11.1 Å². The van der Waals surface area contributed by atoms with E-state index in [-0.39, 0.29) is 52.3 Å². The van der Waals surface area contributed by atoms with E-state index in [1.54, 1.807) is 5.38 Å². The first-order valence-corrected chi connectivity index (χ1v) is 11.6. The van der Waals surface area contributed by atoms with Gasteiger partial charge in [-0.2, -0.15) is 0 Å². The summed E-state index contributed by atoms with van der Waals surface area (Å²) >= 11 is 3.87. The summed E-state index contributed by atoms with van der Waals surface area (Å²) in [5.74, 6) is -1.89. The van der Waals surface area contributed by atoms with Crippen molar-refractivity contribution in [2.45, 2.75) is 24.9 Å². The number of carbonyl (C=O) groups is 3. The molecule has 2 aliphatic rings. The number of carbonyl (C=O) groups excluding carboxylic acids is 2. The van der Waals surface area contributed by atoms with Gasteiger partial charge in [0.25, 0.3) is 11.8 Å². The predicted molar refractivity (Wildman–Crippen MR) is 123 cm³/mol.